The van der Waals surface area contributed by atoms with Crippen LogP contribution in [-0.2, 0) is 11.3 Å². The molecule has 2 aromatic heterocycles. The Morgan fingerprint density at radius 3 is 2.45 bits per heavy atom. The minimum atomic E-state index is -2.87. The number of alkyl halides is 2. The predicted octanol–water partition coefficient (Wildman–Crippen LogP) is 5.60. The van der Waals surface area contributed by atoms with E-state index in [1.54, 1.807) is 4.57 Å². The summed E-state index contributed by atoms with van der Waals surface area (Å²) in [5, 5.41) is 3.02. The third-order valence-electron chi connectivity index (χ3n) is 8.26. The van der Waals surface area contributed by atoms with Gasteiger partial charge in [-0.2, -0.15) is 0 Å². The number of hydrogen-bond acceptors (Lipinski definition) is 5. The molecule has 0 atom stereocenters. The van der Waals surface area contributed by atoms with Gasteiger partial charge in [0.15, 0.2) is 0 Å². The highest BCUT2D eigenvalue weighted by Gasteiger charge is 2.27. The molecule has 4 aromatic rings. The lowest BCUT2D eigenvalue weighted by molar-refractivity contribution is 0.0904. The normalized spacial score (nSPS) is 19.4. The van der Waals surface area contributed by atoms with E-state index in [0.717, 1.165) is 54.5 Å². The van der Waals surface area contributed by atoms with Gasteiger partial charge in [0, 0.05) is 37.6 Å². The van der Waals surface area contributed by atoms with Gasteiger partial charge in [0.05, 0.1) is 40.5 Å². The molecule has 42 heavy (non-hydrogen) atoms. The molecule has 3 heterocycles. The van der Waals surface area contributed by atoms with Crippen LogP contribution in [0.25, 0.3) is 16.7 Å². The molecule has 2 aromatic carbocycles. The minimum absolute atomic E-state index is 0.0845. The fraction of sp³-hybridized carbons (Fsp3) is 0.387. The van der Waals surface area contributed by atoms with E-state index in [-0.39, 0.29) is 28.2 Å². The van der Waals surface area contributed by atoms with Gasteiger partial charge in [-0.25, -0.2) is 13.6 Å². The molecule has 1 saturated carbocycles. The van der Waals surface area contributed by atoms with Crippen LogP contribution in [0.5, 0.6) is 0 Å². The standard InChI is InChI=1S/C31H32ClF2N5O3/c32-21-16-25(28(29(33)34)35-18-21)30(40)36-22-10-8-20(9-11-22)19-38-26-6-1-2-7-27(26)39(31(38)41)24-5-3-4-23(17-24)37-12-14-42-15-13-37/h1-7,16-18,20,22,29H,8-15,19H2,(H,36,40). The maximum atomic E-state index is 13.9. The number of nitrogens with one attached hydrogen (secondary N) is 1. The second-order valence-corrected chi connectivity index (χ2v) is 11.4. The van der Waals surface area contributed by atoms with Crippen molar-refractivity contribution in [2.24, 2.45) is 5.92 Å². The second-order valence-electron chi connectivity index (χ2n) is 10.9. The summed E-state index contributed by atoms with van der Waals surface area (Å²) in [4.78, 5) is 32.6. The van der Waals surface area contributed by atoms with Crippen LogP contribution >= 0.6 is 11.6 Å². The number of ether oxygens (including phenoxy) is 1. The van der Waals surface area contributed by atoms with E-state index >= 15 is 0 Å². The Balaban J connectivity index is 1.17. The number of pyridine rings is 1. The highest BCUT2D eigenvalue weighted by molar-refractivity contribution is 6.30. The van der Waals surface area contributed by atoms with E-state index in [4.69, 9.17) is 16.3 Å². The van der Waals surface area contributed by atoms with E-state index < -0.39 is 18.0 Å². The summed E-state index contributed by atoms with van der Waals surface area (Å²) < 4.78 is 35.9. The van der Waals surface area contributed by atoms with Crippen LogP contribution in [0.15, 0.2) is 65.6 Å². The number of amides is 1. The van der Waals surface area contributed by atoms with Crippen molar-refractivity contribution >= 4 is 34.2 Å². The quantitative estimate of drug-likeness (QED) is 0.301. The average molecular weight is 596 g/mol. The number of para-hydroxylation sites is 2. The highest BCUT2D eigenvalue weighted by Crippen LogP contribution is 2.29. The van der Waals surface area contributed by atoms with Crippen LogP contribution in [0.4, 0.5) is 14.5 Å². The molecule has 2 fully saturated rings. The first kappa shape index (κ1) is 28.4. The summed E-state index contributed by atoms with van der Waals surface area (Å²) in [7, 11) is 0. The number of morpholine rings is 1. The fourth-order valence-corrected chi connectivity index (χ4v) is 6.26. The first-order valence-corrected chi connectivity index (χ1v) is 14.6. The van der Waals surface area contributed by atoms with Gasteiger partial charge in [-0.15, -0.1) is 0 Å². The number of carbonyl (C=O) groups is 1. The van der Waals surface area contributed by atoms with Gasteiger partial charge >= 0.3 is 5.69 Å². The number of aromatic nitrogens is 3. The molecule has 6 rings (SSSR count). The fourth-order valence-electron chi connectivity index (χ4n) is 6.10. The van der Waals surface area contributed by atoms with Crippen LogP contribution in [0.2, 0.25) is 5.02 Å². The maximum Gasteiger partial charge on any atom is 0.333 e. The monoisotopic (exact) mass is 595 g/mol. The number of anilines is 1. The Morgan fingerprint density at radius 1 is 1.00 bits per heavy atom. The molecule has 0 radical (unpaired) electrons. The first-order chi connectivity index (χ1) is 20.4. The molecule has 0 spiro atoms. The summed E-state index contributed by atoms with van der Waals surface area (Å²) in [5.74, 6) is -0.360. The Hall–Kier alpha value is -3.76. The molecule has 1 N–H and O–H groups in total. The minimum Gasteiger partial charge on any atom is -0.378 e. The van der Waals surface area contributed by atoms with Crippen molar-refractivity contribution in [3.05, 3.63) is 87.6 Å². The van der Waals surface area contributed by atoms with Crippen molar-refractivity contribution in [2.75, 3.05) is 31.2 Å². The molecular formula is C31H32ClF2N5O3. The summed E-state index contributed by atoms with van der Waals surface area (Å²) in [5.41, 5.74) is 2.76. The van der Waals surface area contributed by atoms with E-state index in [0.29, 0.717) is 32.6 Å². The summed E-state index contributed by atoms with van der Waals surface area (Å²) in [6.07, 6.45) is 1.19. The van der Waals surface area contributed by atoms with E-state index in [1.165, 1.54) is 6.07 Å². The summed E-state index contributed by atoms with van der Waals surface area (Å²) in [6, 6.07) is 17.0. The van der Waals surface area contributed by atoms with Gasteiger partial charge in [-0.05, 0) is 68.0 Å². The van der Waals surface area contributed by atoms with Gasteiger partial charge in [0.2, 0.25) is 0 Å². The van der Waals surface area contributed by atoms with E-state index in [9.17, 15) is 18.4 Å². The average Bonchev–Trinajstić information content (AvgIpc) is 3.29. The maximum absolute atomic E-state index is 13.9. The van der Waals surface area contributed by atoms with Crippen molar-refractivity contribution in [1.82, 2.24) is 19.4 Å². The van der Waals surface area contributed by atoms with Crippen LogP contribution in [0.1, 0.15) is 48.2 Å². The van der Waals surface area contributed by atoms with Crippen molar-refractivity contribution < 1.29 is 18.3 Å². The Kier molecular flexibility index (Phi) is 8.26. The second kappa shape index (κ2) is 12.2. The number of hydrogen-bond donors (Lipinski definition) is 1. The van der Waals surface area contributed by atoms with Crippen molar-refractivity contribution in [2.45, 2.75) is 44.7 Å². The summed E-state index contributed by atoms with van der Waals surface area (Å²) >= 11 is 5.92. The van der Waals surface area contributed by atoms with Crippen LogP contribution in [-0.4, -0.2) is 52.4 Å². The first-order valence-electron chi connectivity index (χ1n) is 14.3. The Bertz CT molecular complexity index is 1640. The summed E-state index contributed by atoms with van der Waals surface area (Å²) in [6.45, 7) is 3.55. The number of fused-ring (bicyclic) bond motifs is 1. The topological polar surface area (TPSA) is 81.4 Å². The molecule has 1 saturated heterocycles. The lowest BCUT2D eigenvalue weighted by Crippen LogP contribution is -2.39. The zero-order valence-corrected chi connectivity index (χ0v) is 23.8. The van der Waals surface area contributed by atoms with Gasteiger partial charge in [0.1, 0.15) is 5.69 Å². The van der Waals surface area contributed by atoms with Gasteiger partial charge in [0.25, 0.3) is 12.3 Å². The number of carbonyl (C=O) groups excluding carboxylic acids is 1. The van der Waals surface area contributed by atoms with Crippen molar-refractivity contribution in [3.63, 3.8) is 0 Å². The lowest BCUT2D eigenvalue weighted by Gasteiger charge is -2.29. The molecule has 0 bridgehead atoms. The molecule has 2 aliphatic rings. The van der Waals surface area contributed by atoms with Crippen LogP contribution < -0.4 is 15.9 Å². The largest absolute Gasteiger partial charge is 0.378 e. The zero-order valence-electron chi connectivity index (χ0n) is 23.0. The Morgan fingerprint density at radius 2 is 1.71 bits per heavy atom. The molecule has 11 heteroatoms. The van der Waals surface area contributed by atoms with Crippen molar-refractivity contribution in [1.29, 1.82) is 0 Å². The van der Waals surface area contributed by atoms with E-state index in [1.807, 2.05) is 41.0 Å². The molecule has 1 amide bonds. The number of halogens is 3. The molecule has 1 aliphatic heterocycles. The van der Waals surface area contributed by atoms with Crippen LogP contribution in [0, 0.1) is 5.92 Å². The van der Waals surface area contributed by atoms with Crippen LogP contribution in [0.3, 0.4) is 0 Å². The molecule has 220 valence electrons. The smallest absolute Gasteiger partial charge is 0.333 e. The van der Waals surface area contributed by atoms with Crippen molar-refractivity contribution in [3.8, 4) is 5.69 Å². The number of nitrogens with zero attached hydrogens (tertiary/aromatic N) is 4. The molecular weight excluding hydrogens is 564 g/mol. The van der Waals surface area contributed by atoms with Gasteiger partial charge in [-0.3, -0.25) is 18.9 Å². The van der Waals surface area contributed by atoms with Gasteiger partial charge in [-0.1, -0.05) is 29.8 Å². The SMILES string of the molecule is O=C(NC1CCC(Cn2c(=O)n(-c3cccc(N4CCOCC4)c3)c3ccccc32)CC1)c1cc(Cl)cnc1C(F)F. The zero-order chi connectivity index (χ0) is 29.2. The molecule has 1 aliphatic carbocycles. The third-order valence-corrected chi connectivity index (χ3v) is 8.47. The Labute approximate surface area is 246 Å². The molecule has 8 nitrogen and oxygen atoms in total. The predicted molar refractivity (Wildman–Crippen MR) is 158 cm³/mol. The number of imidazole rings is 1. The van der Waals surface area contributed by atoms with E-state index in [2.05, 4.69) is 27.3 Å². The van der Waals surface area contributed by atoms with Gasteiger partial charge < -0.3 is 15.0 Å². The highest BCUT2D eigenvalue weighted by atomic mass is 35.5. The molecule has 0 unspecified atom stereocenters. The third kappa shape index (κ3) is 5.78. The number of rotatable bonds is 7. The lowest BCUT2D eigenvalue weighted by atomic mass is 9.85. The number of benzene rings is 2.